The number of ether oxygens (including phenoxy) is 1. The van der Waals surface area contributed by atoms with Crippen molar-refractivity contribution in [3.63, 3.8) is 0 Å². The van der Waals surface area contributed by atoms with E-state index >= 15 is 0 Å². The van der Waals surface area contributed by atoms with Crippen molar-refractivity contribution in [3.8, 4) is 5.75 Å². The number of para-hydroxylation sites is 1. The second kappa shape index (κ2) is 9.26. The second-order valence-corrected chi connectivity index (χ2v) is 7.45. The molecule has 4 rings (SSSR count). The molecule has 0 aliphatic heterocycles. The minimum Gasteiger partial charge on any atom is -0.483 e. The van der Waals surface area contributed by atoms with Gasteiger partial charge in [0.05, 0.1) is 5.69 Å². The Balaban J connectivity index is 1.59. The summed E-state index contributed by atoms with van der Waals surface area (Å²) in [5.74, 6) is 0.413. The van der Waals surface area contributed by atoms with Gasteiger partial charge in [-0.25, -0.2) is 0 Å². The third-order valence-electron chi connectivity index (χ3n) is 5.04. The number of carbonyl (C=O) groups excluding carboxylic acids is 1. The molecule has 0 radical (unpaired) electrons. The van der Waals surface area contributed by atoms with E-state index in [-0.39, 0.29) is 12.5 Å². The molecule has 4 aromatic carbocycles. The van der Waals surface area contributed by atoms with Crippen LogP contribution in [0, 0.1) is 13.8 Å². The third kappa shape index (κ3) is 4.98. The van der Waals surface area contributed by atoms with Gasteiger partial charge in [-0.05, 0) is 60.0 Å². The number of hydrogen-bond acceptors (Lipinski definition) is 3. The highest BCUT2D eigenvalue weighted by Crippen LogP contribution is 2.28. The van der Waals surface area contributed by atoms with E-state index < -0.39 is 0 Å². The minimum absolute atomic E-state index is 0.0858. The topological polar surface area (TPSA) is 50.7 Å². The van der Waals surface area contributed by atoms with Crippen LogP contribution in [0.5, 0.6) is 5.75 Å². The fraction of sp³-hybridized carbons (Fsp3) is 0.111. The van der Waals surface area contributed by atoms with Crippen molar-refractivity contribution in [1.82, 2.24) is 0 Å². The SMILES string of the molecule is Cc1cccc(NC(=O)COc2ccc3ccccc3c2C=Nc2ccccc2C)c1. The lowest BCUT2D eigenvalue weighted by Crippen LogP contribution is -2.20. The highest BCUT2D eigenvalue weighted by atomic mass is 16.5. The van der Waals surface area contributed by atoms with Gasteiger partial charge in [0, 0.05) is 17.5 Å². The molecule has 0 unspecified atom stereocenters. The van der Waals surface area contributed by atoms with Crippen LogP contribution in [-0.4, -0.2) is 18.7 Å². The fourth-order valence-electron chi connectivity index (χ4n) is 3.44. The molecular formula is C27H24N2O2. The number of anilines is 1. The molecule has 0 spiro atoms. The zero-order valence-electron chi connectivity index (χ0n) is 17.6. The zero-order chi connectivity index (χ0) is 21.6. The number of nitrogens with one attached hydrogen (secondary N) is 1. The summed E-state index contributed by atoms with van der Waals surface area (Å²) in [6.07, 6.45) is 1.82. The molecule has 0 bridgehead atoms. The van der Waals surface area contributed by atoms with Crippen molar-refractivity contribution < 1.29 is 9.53 Å². The number of amides is 1. The van der Waals surface area contributed by atoms with E-state index in [1.165, 1.54) is 0 Å². The summed E-state index contributed by atoms with van der Waals surface area (Å²) in [5.41, 5.74) is 4.69. The minimum atomic E-state index is -0.208. The number of hydrogen-bond donors (Lipinski definition) is 1. The molecule has 0 aliphatic rings. The van der Waals surface area contributed by atoms with Gasteiger partial charge in [-0.15, -0.1) is 0 Å². The molecule has 0 saturated carbocycles. The van der Waals surface area contributed by atoms with Gasteiger partial charge in [-0.3, -0.25) is 9.79 Å². The van der Waals surface area contributed by atoms with Crippen LogP contribution in [0.15, 0.2) is 89.9 Å². The van der Waals surface area contributed by atoms with Crippen LogP contribution in [0.25, 0.3) is 10.8 Å². The molecule has 0 aromatic heterocycles. The molecule has 0 saturated heterocycles. The largest absolute Gasteiger partial charge is 0.483 e. The van der Waals surface area contributed by atoms with E-state index in [1.807, 2.05) is 98.9 Å². The van der Waals surface area contributed by atoms with Gasteiger partial charge >= 0.3 is 0 Å². The summed E-state index contributed by atoms with van der Waals surface area (Å²) < 4.78 is 5.92. The van der Waals surface area contributed by atoms with Crippen LogP contribution in [0.1, 0.15) is 16.7 Å². The van der Waals surface area contributed by atoms with Crippen LogP contribution in [0.4, 0.5) is 11.4 Å². The fourth-order valence-corrected chi connectivity index (χ4v) is 3.44. The third-order valence-corrected chi connectivity index (χ3v) is 5.04. The van der Waals surface area contributed by atoms with Crippen LogP contribution in [-0.2, 0) is 4.79 Å². The first-order chi connectivity index (χ1) is 15.1. The monoisotopic (exact) mass is 408 g/mol. The molecule has 0 atom stereocenters. The van der Waals surface area contributed by atoms with E-state index in [2.05, 4.69) is 16.4 Å². The van der Waals surface area contributed by atoms with Crippen LogP contribution in [0.2, 0.25) is 0 Å². The Kier molecular flexibility index (Phi) is 6.08. The van der Waals surface area contributed by atoms with E-state index in [0.29, 0.717) is 5.75 Å². The van der Waals surface area contributed by atoms with Gasteiger partial charge in [0.25, 0.3) is 5.91 Å². The highest BCUT2D eigenvalue weighted by molar-refractivity contribution is 6.03. The number of carbonyl (C=O) groups is 1. The first kappa shape index (κ1) is 20.4. The Labute approximate surface area is 182 Å². The van der Waals surface area contributed by atoms with Crippen molar-refractivity contribution in [2.24, 2.45) is 4.99 Å². The summed E-state index contributed by atoms with van der Waals surface area (Å²) >= 11 is 0. The average Bonchev–Trinajstić information content (AvgIpc) is 2.77. The van der Waals surface area contributed by atoms with Gasteiger partial charge < -0.3 is 10.1 Å². The van der Waals surface area contributed by atoms with Crippen molar-refractivity contribution in [2.75, 3.05) is 11.9 Å². The quantitative estimate of drug-likeness (QED) is 0.385. The number of fused-ring (bicyclic) bond motifs is 1. The van der Waals surface area contributed by atoms with Crippen molar-refractivity contribution >= 4 is 34.3 Å². The lowest BCUT2D eigenvalue weighted by molar-refractivity contribution is -0.118. The molecule has 1 N–H and O–H groups in total. The molecule has 0 aliphatic carbocycles. The Morgan fingerprint density at radius 3 is 2.58 bits per heavy atom. The summed E-state index contributed by atoms with van der Waals surface area (Å²) in [7, 11) is 0. The Bertz CT molecular complexity index is 1260. The Morgan fingerprint density at radius 2 is 1.74 bits per heavy atom. The van der Waals surface area contributed by atoms with Crippen molar-refractivity contribution in [2.45, 2.75) is 13.8 Å². The normalized spacial score (nSPS) is 11.0. The van der Waals surface area contributed by atoms with Crippen molar-refractivity contribution in [3.05, 3.63) is 102 Å². The maximum Gasteiger partial charge on any atom is 0.262 e. The van der Waals surface area contributed by atoms with Gasteiger partial charge in [0.2, 0.25) is 0 Å². The molecular weight excluding hydrogens is 384 g/mol. The lowest BCUT2D eigenvalue weighted by Gasteiger charge is -2.12. The molecule has 1 amide bonds. The number of aliphatic imine (C=N–C) groups is 1. The van der Waals surface area contributed by atoms with Gasteiger partial charge in [-0.1, -0.05) is 60.7 Å². The molecule has 31 heavy (non-hydrogen) atoms. The predicted octanol–water partition coefficient (Wildman–Crippen LogP) is 6.22. The maximum atomic E-state index is 12.4. The molecule has 154 valence electrons. The molecule has 0 heterocycles. The molecule has 4 aromatic rings. The van der Waals surface area contributed by atoms with Crippen LogP contribution in [0.3, 0.4) is 0 Å². The first-order valence-electron chi connectivity index (χ1n) is 10.2. The van der Waals surface area contributed by atoms with E-state index in [4.69, 9.17) is 4.74 Å². The molecule has 0 fully saturated rings. The summed E-state index contributed by atoms with van der Waals surface area (Å²) in [6, 6.07) is 27.6. The molecule has 4 heteroatoms. The predicted molar refractivity (Wildman–Crippen MR) is 128 cm³/mol. The highest BCUT2D eigenvalue weighted by Gasteiger charge is 2.10. The van der Waals surface area contributed by atoms with Gasteiger partial charge in [-0.2, -0.15) is 0 Å². The van der Waals surface area contributed by atoms with Gasteiger partial charge in [0.15, 0.2) is 6.61 Å². The number of aryl methyl sites for hydroxylation is 2. The smallest absolute Gasteiger partial charge is 0.262 e. The Morgan fingerprint density at radius 1 is 0.935 bits per heavy atom. The first-order valence-corrected chi connectivity index (χ1v) is 10.2. The molecule has 4 nitrogen and oxygen atoms in total. The number of rotatable bonds is 6. The summed E-state index contributed by atoms with van der Waals surface area (Å²) in [6.45, 7) is 3.93. The van der Waals surface area contributed by atoms with E-state index in [0.717, 1.165) is 38.8 Å². The lowest BCUT2D eigenvalue weighted by atomic mass is 10.0. The standard InChI is InChI=1S/C27H24N2O2/c1-19-8-7-11-22(16-19)29-27(30)18-31-26-15-14-21-10-4-5-12-23(21)24(26)17-28-25-13-6-3-9-20(25)2/h3-17H,18H2,1-2H3,(H,29,30). The van der Waals surface area contributed by atoms with Crippen LogP contribution >= 0.6 is 0 Å². The van der Waals surface area contributed by atoms with Gasteiger partial charge in [0.1, 0.15) is 5.75 Å². The van der Waals surface area contributed by atoms with Crippen LogP contribution < -0.4 is 10.1 Å². The Hall–Kier alpha value is -3.92. The zero-order valence-corrected chi connectivity index (χ0v) is 17.6. The van der Waals surface area contributed by atoms with Crippen molar-refractivity contribution in [1.29, 1.82) is 0 Å². The van der Waals surface area contributed by atoms with E-state index in [1.54, 1.807) is 0 Å². The summed E-state index contributed by atoms with van der Waals surface area (Å²) in [5, 5.41) is 4.99. The summed E-state index contributed by atoms with van der Waals surface area (Å²) in [4.78, 5) is 17.1. The second-order valence-electron chi connectivity index (χ2n) is 7.45. The number of benzene rings is 4. The van der Waals surface area contributed by atoms with E-state index in [9.17, 15) is 4.79 Å². The maximum absolute atomic E-state index is 12.4. The number of nitrogens with zero attached hydrogens (tertiary/aromatic N) is 1. The average molecular weight is 409 g/mol.